The van der Waals surface area contributed by atoms with Crippen LogP contribution < -0.4 is 9.47 Å². The molecule has 35 heavy (non-hydrogen) atoms. The van der Waals surface area contributed by atoms with Gasteiger partial charge >= 0.3 is 0 Å². The van der Waals surface area contributed by atoms with Crippen LogP contribution in [-0.4, -0.2) is 74.5 Å². The number of ether oxygens (including phenoxy) is 2. The summed E-state index contributed by atoms with van der Waals surface area (Å²) in [4.78, 5) is 17.4. The number of fused-ring (bicyclic) bond motifs is 1. The number of amides is 1. The predicted molar refractivity (Wildman–Crippen MR) is 133 cm³/mol. The Morgan fingerprint density at radius 3 is 2.37 bits per heavy atom. The second-order valence-corrected chi connectivity index (χ2v) is 11.0. The van der Waals surface area contributed by atoms with E-state index >= 15 is 0 Å². The first-order valence-electron chi connectivity index (χ1n) is 12.1. The average molecular weight is 498 g/mol. The molecule has 0 saturated carbocycles. The zero-order valence-electron chi connectivity index (χ0n) is 19.7. The first kappa shape index (κ1) is 23.8. The molecule has 8 nitrogen and oxygen atoms in total. The van der Waals surface area contributed by atoms with Gasteiger partial charge in [-0.15, -0.1) is 0 Å². The van der Waals surface area contributed by atoms with Gasteiger partial charge in [-0.05, 0) is 42.2 Å². The van der Waals surface area contributed by atoms with E-state index in [0.29, 0.717) is 39.0 Å². The van der Waals surface area contributed by atoms with Crippen molar-refractivity contribution in [1.82, 2.24) is 14.1 Å². The van der Waals surface area contributed by atoms with Crippen molar-refractivity contribution in [2.24, 2.45) is 5.92 Å². The van der Waals surface area contributed by atoms with Crippen LogP contribution in [-0.2, 0) is 21.4 Å². The summed E-state index contributed by atoms with van der Waals surface area (Å²) in [6, 6.07) is 15.4. The second-order valence-electron chi connectivity index (χ2n) is 9.22. The summed E-state index contributed by atoms with van der Waals surface area (Å²) < 4.78 is 37.7. The van der Waals surface area contributed by atoms with Crippen LogP contribution in [0, 0.1) is 5.92 Å². The molecule has 0 bridgehead atoms. The van der Waals surface area contributed by atoms with Gasteiger partial charge in [0.05, 0.1) is 0 Å². The van der Waals surface area contributed by atoms with Gasteiger partial charge in [0.25, 0.3) is 0 Å². The summed E-state index contributed by atoms with van der Waals surface area (Å²) in [7, 11) is -3.49. The lowest BCUT2D eigenvalue weighted by atomic mass is 9.96. The Labute approximate surface area is 206 Å². The number of carbonyl (C=O) groups excluding carboxylic acids is 1. The quantitative estimate of drug-likeness (QED) is 0.611. The highest BCUT2D eigenvalue weighted by molar-refractivity contribution is 7.92. The molecule has 1 amide bonds. The minimum Gasteiger partial charge on any atom is -0.454 e. The van der Waals surface area contributed by atoms with E-state index in [1.807, 2.05) is 47.4 Å². The van der Waals surface area contributed by atoms with Crippen molar-refractivity contribution in [3.05, 3.63) is 65.1 Å². The molecule has 0 radical (unpaired) electrons. The van der Waals surface area contributed by atoms with Crippen LogP contribution in [0.3, 0.4) is 0 Å². The van der Waals surface area contributed by atoms with Crippen molar-refractivity contribution in [2.45, 2.75) is 19.4 Å². The van der Waals surface area contributed by atoms with Crippen LogP contribution in [0.5, 0.6) is 11.5 Å². The van der Waals surface area contributed by atoms with E-state index in [1.54, 1.807) is 6.08 Å². The van der Waals surface area contributed by atoms with Gasteiger partial charge in [0.2, 0.25) is 22.7 Å². The van der Waals surface area contributed by atoms with Gasteiger partial charge < -0.3 is 14.4 Å². The lowest BCUT2D eigenvalue weighted by Crippen LogP contribution is -2.51. The number of hydrogen-bond acceptors (Lipinski definition) is 6. The van der Waals surface area contributed by atoms with Gasteiger partial charge in [-0.3, -0.25) is 9.69 Å². The number of hydrogen-bond donors (Lipinski definition) is 0. The zero-order chi connectivity index (χ0) is 24.3. The molecule has 186 valence electrons. The zero-order valence-corrected chi connectivity index (χ0v) is 20.5. The fraction of sp³-hybridized carbons (Fsp3) is 0.423. The summed E-state index contributed by atoms with van der Waals surface area (Å²) in [6.45, 7) is 4.86. The molecule has 9 heteroatoms. The fourth-order valence-corrected chi connectivity index (χ4v) is 6.08. The first-order valence-corrected chi connectivity index (χ1v) is 13.6. The molecule has 3 aliphatic rings. The number of carbonyl (C=O) groups is 1. The minimum absolute atomic E-state index is 0.111. The molecule has 2 fully saturated rings. The molecule has 0 atom stereocenters. The van der Waals surface area contributed by atoms with Gasteiger partial charge in [0.1, 0.15) is 0 Å². The van der Waals surface area contributed by atoms with Crippen LogP contribution >= 0.6 is 0 Å². The van der Waals surface area contributed by atoms with Gasteiger partial charge in [-0.2, -0.15) is 4.31 Å². The molecule has 0 aliphatic carbocycles. The van der Waals surface area contributed by atoms with Gasteiger partial charge in [0.15, 0.2) is 11.5 Å². The molecule has 2 aromatic carbocycles. The summed E-state index contributed by atoms with van der Waals surface area (Å²) in [5.74, 6) is 1.63. The maximum atomic E-state index is 13.1. The molecule has 2 aromatic rings. The predicted octanol–water partition coefficient (Wildman–Crippen LogP) is 2.77. The Bertz CT molecular complexity index is 1170. The van der Waals surface area contributed by atoms with Gasteiger partial charge in [-0.25, -0.2) is 8.42 Å². The van der Waals surface area contributed by atoms with Gasteiger partial charge in [0, 0.05) is 57.1 Å². The Morgan fingerprint density at radius 2 is 1.63 bits per heavy atom. The number of piperidine rings is 1. The normalized spacial score (nSPS) is 19.9. The van der Waals surface area contributed by atoms with Crippen molar-refractivity contribution in [1.29, 1.82) is 0 Å². The number of benzene rings is 2. The monoisotopic (exact) mass is 497 g/mol. The standard InChI is InChI=1S/C26H31N3O5S/c30-26(23-8-11-29(12-9-23)35(31,32)17-10-21-4-2-1-3-5-21)28-15-13-27(14-16-28)19-22-6-7-24-25(18-22)34-20-33-24/h1-7,10,17-18,23H,8-9,11-16,19-20H2/b17-10+. The van der Waals surface area contributed by atoms with Crippen molar-refractivity contribution in [3.8, 4) is 11.5 Å². The molecule has 5 rings (SSSR count). The SMILES string of the molecule is O=C(C1CCN(S(=O)(=O)/C=C/c2ccccc2)CC1)N1CCN(Cc2ccc3c(c2)OCO3)CC1. The lowest BCUT2D eigenvalue weighted by molar-refractivity contribution is -0.138. The number of rotatable bonds is 6. The van der Waals surface area contributed by atoms with E-state index in [2.05, 4.69) is 11.0 Å². The third-order valence-corrected chi connectivity index (χ3v) is 8.49. The molecule has 3 aliphatic heterocycles. The largest absolute Gasteiger partial charge is 0.454 e. The maximum Gasteiger partial charge on any atom is 0.236 e. The van der Waals surface area contributed by atoms with Crippen LogP contribution in [0.2, 0.25) is 0 Å². The Hall–Kier alpha value is -2.88. The van der Waals surface area contributed by atoms with Crippen molar-refractivity contribution in [2.75, 3.05) is 46.1 Å². The summed E-state index contributed by atoms with van der Waals surface area (Å²) in [5.41, 5.74) is 2.02. The smallest absolute Gasteiger partial charge is 0.236 e. The van der Waals surface area contributed by atoms with E-state index in [-0.39, 0.29) is 18.6 Å². The Kier molecular flexibility index (Phi) is 7.08. The minimum atomic E-state index is -3.49. The topological polar surface area (TPSA) is 79.4 Å². The number of piperazine rings is 1. The average Bonchev–Trinajstić information content (AvgIpc) is 3.36. The van der Waals surface area contributed by atoms with E-state index in [9.17, 15) is 13.2 Å². The maximum absolute atomic E-state index is 13.1. The summed E-state index contributed by atoms with van der Waals surface area (Å²) >= 11 is 0. The highest BCUT2D eigenvalue weighted by Crippen LogP contribution is 2.33. The fourth-order valence-electron chi connectivity index (χ4n) is 4.85. The molecule has 0 N–H and O–H groups in total. The Balaban J connectivity index is 1.08. The van der Waals surface area contributed by atoms with Crippen molar-refractivity contribution < 1.29 is 22.7 Å². The third-order valence-electron chi connectivity index (χ3n) is 6.92. The molecule has 0 spiro atoms. The molecular formula is C26H31N3O5S. The molecule has 0 unspecified atom stereocenters. The first-order chi connectivity index (χ1) is 17.0. The van der Waals surface area contributed by atoms with Crippen molar-refractivity contribution in [3.63, 3.8) is 0 Å². The molecule has 3 heterocycles. The van der Waals surface area contributed by atoms with Crippen LogP contribution in [0.15, 0.2) is 53.9 Å². The van der Waals surface area contributed by atoms with E-state index < -0.39 is 10.0 Å². The number of nitrogens with zero attached hydrogens (tertiary/aromatic N) is 3. The van der Waals surface area contributed by atoms with Gasteiger partial charge in [-0.1, -0.05) is 36.4 Å². The van der Waals surface area contributed by atoms with E-state index in [1.165, 1.54) is 15.3 Å². The highest BCUT2D eigenvalue weighted by atomic mass is 32.2. The van der Waals surface area contributed by atoms with Crippen LogP contribution in [0.4, 0.5) is 0 Å². The second kappa shape index (κ2) is 10.4. The lowest BCUT2D eigenvalue weighted by Gasteiger charge is -2.38. The molecule has 0 aromatic heterocycles. The summed E-state index contributed by atoms with van der Waals surface area (Å²) in [6.07, 6.45) is 2.75. The van der Waals surface area contributed by atoms with E-state index in [4.69, 9.17) is 9.47 Å². The van der Waals surface area contributed by atoms with Crippen LogP contribution in [0.25, 0.3) is 6.08 Å². The molecular weight excluding hydrogens is 466 g/mol. The third kappa shape index (κ3) is 5.69. The summed E-state index contributed by atoms with van der Waals surface area (Å²) in [5, 5.41) is 1.27. The van der Waals surface area contributed by atoms with E-state index in [0.717, 1.165) is 36.7 Å². The van der Waals surface area contributed by atoms with Crippen molar-refractivity contribution >= 4 is 22.0 Å². The number of sulfonamides is 1. The Morgan fingerprint density at radius 1 is 0.914 bits per heavy atom. The van der Waals surface area contributed by atoms with Crippen LogP contribution in [0.1, 0.15) is 24.0 Å². The molecule has 2 saturated heterocycles. The highest BCUT2D eigenvalue weighted by Gasteiger charge is 2.33.